The molecule has 6 heteroatoms. The van der Waals surface area contributed by atoms with Crippen molar-refractivity contribution in [2.45, 2.75) is 0 Å². The SMILES string of the molecule is Oc1ccccc1-c1nc(-c2cccc(-n3c4ccccc4c4cccnc43)c2)nc2c1oc1ccccc12. The van der Waals surface area contributed by atoms with Crippen LogP contribution in [0, 0.1) is 0 Å². The number of fused-ring (bicyclic) bond motifs is 6. The maximum Gasteiger partial charge on any atom is 0.180 e. The minimum absolute atomic E-state index is 0.133. The minimum Gasteiger partial charge on any atom is -0.507 e. The summed E-state index contributed by atoms with van der Waals surface area (Å²) in [6.07, 6.45) is 1.82. The van der Waals surface area contributed by atoms with Crippen molar-refractivity contribution < 1.29 is 9.52 Å². The van der Waals surface area contributed by atoms with Gasteiger partial charge in [0.05, 0.1) is 5.52 Å². The number of nitrogens with zero attached hydrogens (tertiary/aromatic N) is 4. The monoisotopic (exact) mass is 504 g/mol. The first-order chi connectivity index (χ1) is 19.3. The molecule has 0 saturated heterocycles. The number of hydrogen-bond acceptors (Lipinski definition) is 5. The number of aromatic hydroxyl groups is 1. The lowest BCUT2D eigenvalue weighted by atomic mass is 10.1. The summed E-state index contributed by atoms with van der Waals surface area (Å²) in [6.45, 7) is 0. The third-order valence-corrected chi connectivity index (χ3v) is 7.18. The smallest absolute Gasteiger partial charge is 0.180 e. The highest BCUT2D eigenvalue weighted by Crippen LogP contribution is 2.39. The normalized spacial score (nSPS) is 11.7. The van der Waals surface area contributed by atoms with Crippen LogP contribution in [0.5, 0.6) is 5.75 Å². The second-order valence-electron chi connectivity index (χ2n) is 9.47. The van der Waals surface area contributed by atoms with Gasteiger partial charge in [0.15, 0.2) is 11.4 Å². The quantitative estimate of drug-likeness (QED) is 0.265. The Morgan fingerprint density at radius 1 is 0.692 bits per heavy atom. The van der Waals surface area contributed by atoms with Gasteiger partial charge in [0, 0.05) is 39.2 Å². The van der Waals surface area contributed by atoms with E-state index in [1.54, 1.807) is 12.1 Å². The van der Waals surface area contributed by atoms with Crippen LogP contribution in [0.25, 0.3) is 72.3 Å². The van der Waals surface area contributed by atoms with Crippen LogP contribution in [-0.4, -0.2) is 24.6 Å². The van der Waals surface area contributed by atoms with Crippen LogP contribution in [0.2, 0.25) is 0 Å². The number of para-hydroxylation sites is 3. The van der Waals surface area contributed by atoms with Gasteiger partial charge in [0.2, 0.25) is 0 Å². The standard InChI is InChI=1S/C33H20N4O2/c38-27-16-5-2-12-24(27)29-31-30(25-13-3-6-17-28(25)39-31)36-32(35-29)20-9-7-10-21(19-20)37-26-15-4-1-11-22(26)23-14-8-18-34-33(23)37/h1-19,38H. The van der Waals surface area contributed by atoms with Crippen molar-refractivity contribution >= 4 is 44.0 Å². The summed E-state index contributed by atoms with van der Waals surface area (Å²) < 4.78 is 8.38. The van der Waals surface area contributed by atoms with Crippen molar-refractivity contribution in [2.24, 2.45) is 0 Å². The fourth-order valence-corrected chi connectivity index (χ4v) is 5.42. The molecule has 1 N–H and O–H groups in total. The molecule has 184 valence electrons. The van der Waals surface area contributed by atoms with Gasteiger partial charge >= 0.3 is 0 Å². The average molecular weight is 505 g/mol. The highest BCUT2D eigenvalue weighted by Gasteiger charge is 2.20. The van der Waals surface area contributed by atoms with E-state index >= 15 is 0 Å². The maximum absolute atomic E-state index is 10.7. The van der Waals surface area contributed by atoms with Gasteiger partial charge in [0.1, 0.15) is 28.2 Å². The fourth-order valence-electron chi connectivity index (χ4n) is 5.42. The maximum atomic E-state index is 10.7. The first-order valence-electron chi connectivity index (χ1n) is 12.7. The van der Waals surface area contributed by atoms with E-state index in [1.165, 1.54) is 0 Å². The van der Waals surface area contributed by atoms with E-state index in [2.05, 4.69) is 34.9 Å². The van der Waals surface area contributed by atoms with Gasteiger partial charge in [-0.1, -0.05) is 54.6 Å². The highest BCUT2D eigenvalue weighted by atomic mass is 16.3. The second-order valence-corrected chi connectivity index (χ2v) is 9.47. The van der Waals surface area contributed by atoms with Gasteiger partial charge in [-0.2, -0.15) is 0 Å². The second kappa shape index (κ2) is 8.26. The number of rotatable bonds is 3. The van der Waals surface area contributed by atoms with Gasteiger partial charge in [0.25, 0.3) is 0 Å². The van der Waals surface area contributed by atoms with Gasteiger partial charge in [-0.25, -0.2) is 15.0 Å². The van der Waals surface area contributed by atoms with Crippen LogP contribution in [-0.2, 0) is 0 Å². The Labute approximate surface area is 222 Å². The third kappa shape index (κ3) is 3.25. The van der Waals surface area contributed by atoms with E-state index in [-0.39, 0.29) is 5.75 Å². The number of phenols is 1. The van der Waals surface area contributed by atoms with E-state index in [1.807, 2.05) is 72.9 Å². The summed E-state index contributed by atoms with van der Waals surface area (Å²) in [6, 6.07) is 35.5. The summed E-state index contributed by atoms with van der Waals surface area (Å²) >= 11 is 0. The molecule has 0 unspecified atom stereocenters. The van der Waals surface area contributed by atoms with Gasteiger partial charge < -0.3 is 9.52 Å². The van der Waals surface area contributed by atoms with Gasteiger partial charge in [-0.15, -0.1) is 0 Å². The summed E-state index contributed by atoms with van der Waals surface area (Å²) in [5.74, 6) is 0.678. The van der Waals surface area contributed by atoms with Gasteiger partial charge in [-0.05, 0) is 54.6 Å². The molecule has 4 aromatic heterocycles. The summed E-state index contributed by atoms with van der Waals surface area (Å²) in [4.78, 5) is 14.7. The molecule has 6 nitrogen and oxygen atoms in total. The van der Waals surface area contributed by atoms with Crippen LogP contribution < -0.4 is 0 Å². The lowest BCUT2D eigenvalue weighted by Gasteiger charge is -2.10. The highest BCUT2D eigenvalue weighted by molar-refractivity contribution is 6.08. The Morgan fingerprint density at radius 3 is 2.41 bits per heavy atom. The number of pyridine rings is 1. The Bertz CT molecular complexity index is 2160. The van der Waals surface area contributed by atoms with Crippen LogP contribution in [0.4, 0.5) is 0 Å². The summed E-state index contributed by atoms with van der Waals surface area (Å²) in [5.41, 5.74) is 6.89. The zero-order valence-corrected chi connectivity index (χ0v) is 20.6. The van der Waals surface area contributed by atoms with E-state index in [0.29, 0.717) is 28.2 Å². The third-order valence-electron chi connectivity index (χ3n) is 7.18. The van der Waals surface area contributed by atoms with Gasteiger partial charge in [-0.3, -0.25) is 4.57 Å². The van der Waals surface area contributed by atoms with E-state index in [4.69, 9.17) is 19.4 Å². The Balaban J connectivity index is 1.40. The van der Waals surface area contributed by atoms with Crippen molar-refractivity contribution in [2.75, 3.05) is 0 Å². The Hall–Kier alpha value is -5.49. The minimum atomic E-state index is 0.133. The number of phenolic OH excluding ortho intramolecular Hbond substituents is 1. The Kier molecular flexibility index (Phi) is 4.57. The predicted octanol–water partition coefficient (Wildman–Crippen LogP) is 7.91. The molecule has 0 atom stereocenters. The number of hydrogen-bond donors (Lipinski definition) is 1. The molecule has 39 heavy (non-hydrogen) atoms. The van der Waals surface area contributed by atoms with Crippen molar-refractivity contribution in [3.8, 4) is 34.1 Å². The molecular formula is C33H20N4O2. The zero-order valence-electron chi connectivity index (χ0n) is 20.6. The molecule has 0 aliphatic carbocycles. The molecule has 0 fully saturated rings. The van der Waals surface area contributed by atoms with Crippen molar-refractivity contribution in [3.05, 3.63) is 115 Å². The average Bonchev–Trinajstić information content (AvgIpc) is 3.53. The first-order valence-corrected chi connectivity index (χ1v) is 12.7. The number of furan rings is 1. The van der Waals surface area contributed by atoms with E-state index in [0.717, 1.165) is 44.2 Å². The molecule has 0 aliphatic heterocycles. The van der Waals surface area contributed by atoms with Crippen LogP contribution in [0.15, 0.2) is 120 Å². The molecule has 8 aromatic rings. The summed E-state index contributed by atoms with van der Waals surface area (Å²) in [7, 11) is 0. The largest absolute Gasteiger partial charge is 0.507 e. The fraction of sp³-hybridized carbons (Fsp3) is 0. The molecule has 0 spiro atoms. The van der Waals surface area contributed by atoms with Crippen molar-refractivity contribution in [1.82, 2.24) is 19.5 Å². The topological polar surface area (TPSA) is 77.0 Å². The molecule has 0 saturated carbocycles. The molecule has 8 rings (SSSR count). The molecule has 0 bridgehead atoms. The van der Waals surface area contributed by atoms with E-state index in [9.17, 15) is 5.11 Å². The predicted molar refractivity (Wildman–Crippen MR) is 154 cm³/mol. The first kappa shape index (κ1) is 21.6. The zero-order chi connectivity index (χ0) is 25.9. The van der Waals surface area contributed by atoms with Crippen LogP contribution in [0.1, 0.15) is 0 Å². The lowest BCUT2D eigenvalue weighted by molar-refractivity contribution is 0.477. The van der Waals surface area contributed by atoms with Crippen molar-refractivity contribution in [3.63, 3.8) is 0 Å². The molecule has 0 aliphatic rings. The molecule has 4 aromatic carbocycles. The van der Waals surface area contributed by atoms with Crippen LogP contribution >= 0.6 is 0 Å². The molecule has 4 heterocycles. The lowest BCUT2D eigenvalue weighted by Crippen LogP contribution is -1.98. The number of benzene rings is 4. The van der Waals surface area contributed by atoms with E-state index < -0.39 is 0 Å². The number of aromatic nitrogens is 4. The molecular weight excluding hydrogens is 484 g/mol. The Morgan fingerprint density at radius 2 is 1.49 bits per heavy atom. The molecule has 0 amide bonds. The van der Waals surface area contributed by atoms with Crippen LogP contribution in [0.3, 0.4) is 0 Å². The summed E-state index contributed by atoms with van der Waals surface area (Å²) in [5, 5.41) is 13.9. The molecule has 0 radical (unpaired) electrons. The van der Waals surface area contributed by atoms with Crippen molar-refractivity contribution in [1.29, 1.82) is 0 Å².